The molecule has 0 spiro atoms. The Kier molecular flexibility index (Phi) is 3.74. The lowest BCUT2D eigenvalue weighted by Crippen LogP contribution is -2.39. The van der Waals surface area contributed by atoms with Crippen LogP contribution in [0, 0.1) is 5.92 Å². The molecule has 0 aromatic rings. The average molecular weight is 243 g/mol. The number of carboxylic acid groups (broad SMARTS) is 1. The second-order valence-electron chi connectivity index (χ2n) is 4.47. The van der Waals surface area contributed by atoms with E-state index in [1.54, 1.807) is 0 Å². The molecule has 2 fully saturated rings. The van der Waals surface area contributed by atoms with Crippen LogP contribution in [0.5, 0.6) is 0 Å². The van der Waals surface area contributed by atoms with Crippen LogP contribution in [0.1, 0.15) is 25.7 Å². The van der Waals surface area contributed by atoms with Crippen LogP contribution < -0.4 is 0 Å². The lowest BCUT2D eigenvalue weighted by molar-refractivity contribution is -0.139. The Morgan fingerprint density at radius 3 is 2.56 bits per heavy atom. The highest BCUT2D eigenvalue weighted by atomic mass is 32.2. The van der Waals surface area contributed by atoms with E-state index in [2.05, 4.69) is 0 Å². The number of thioether (sulfide) groups is 1. The molecule has 1 aliphatic carbocycles. The highest BCUT2D eigenvalue weighted by molar-refractivity contribution is 7.99. The second kappa shape index (κ2) is 5.08. The summed E-state index contributed by atoms with van der Waals surface area (Å²) in [6.45, 7) is 0.389. The molecule has 16 heavy (non-hydrogen) atoms. The fourth-order valence-corrected chi connectivity index (χ4v) is 3.25. The Bertz CT molecular complexity index is 285. The number of carbonyl (C=O) groups excluding carboxylic acids is 1. The molecule has 90 valence electrons. The summed E-state index contributed by atoms with van der Waals surface area (Å²) in [5.41, 5.74) is 0. The Hall–Kier alpha value is -0.710. The Morgan fingerprint density at radius 2 is 2.06 bits per heavy atom. The van der Waals surface area contributed by atoms with E-state index in [9.17, 15) is 9.59 Å². The van der Waals surface area contributed by atoms with E-state index in [4.69, 9.17) is 5.11 Å². The fourth-order valence-electron chi connectivity index (χ4n) is 2.04. The van der Waals surface area contributed by atoms with Crippen molar-refractivity contribution in [1.29, 1.82) is 0 Å². The van der Waals surface area contributed by atoms with Crippen LogP contribution >= 0.6 is 11.8 Å². The van der Waals surface area contributed by atoms with Crippen molar-refractivity contribution in [1.82, 2.24) is 4.90 Å². The van der Waals surface area contributed by atoms with Crippen LogP contribution in [0.15, 0.2) is 0 Å². The third-order valence-corrected chi connectivity index (χ3v) is 4.28. The van der Waals surface area contributed by atoms with Crippen molar-refractivity contribution in [3.05, 3.63) is 0 Å². The summed E-state index contributed by atoms with van der Waals surface area (Å²) < 4.78 is 0. The van der Waals surface area contributed by atoms with Gasteiger partial charge in [-0.3, -0.25) is 9.59 Å². The van der Waals surface area contributed by atoms with Crippen molar-refractivity contribution in [2.45, 2.75) is 31.7 Å². The first-order valence-electron chi connectivity index (χ1n) is 5.78. The molecule has 0 aromatic carbocycles. The minimum atomic E-state index is -0.820. The molecule has 1 heterocycles. The maximum Gasteiger partial charge on any atom is 0.305 e. The summed E-state index contributed by atoms with van der Waals surface area (Å²) in [4.78, 5) is 24.5. The summed E-state index contributed by atoms with van der Waals surface area (Å²) in [7, 11) is 0. The van der Waals surface area contributed by atoms with E-state index in [-0.39, 0.29) is 18.2 Å². The minimum absolute atomic E-state index is 0.0715. The predicted octanol–water partition coefficient (Wildman–Crippen LogP) is 1.21. The van der Waals surface area contributed by atoms with E-state index in [0.29, 0.717) is 12.6 Å². The molecule has 1 saturated heterocycles. The normalized spacial score (nSPS) is 24.4. The number of amides is 1. The van der Waals surface area contributed by atoms with Crippen LogP contribution in [-0.2, 0) is 9.59 Å². The minimum Gasteiger partial charge on any atom is -0.481 e. The third kappa shape index (κ3) is 2.90. The maximum absolute atomic E-state index is 12.2. The zero-order valence-corrected chi connectivity index (χ0v) is 10.0. The van der Waals surface area contributed by atoms with E-state index in [0.717, 1.165) is 30.8 Å². The predicted molar refractivity (Wildman–Crippen MR) is 62.4 cm³/mol. The molecule has 1 unspecified atom stereocenters. The van der Waals surface area contributed by atoms with Gasteiger partial charge in [-0.2, -0.15) is 11.8 Å². The highest BCUT2D eigenvalue weighted by Gasteiger charge is 2.36. The first-order valence-corrected chi connectivity index (χ1v) is 6.94. The SMILES string of the molecule is O=C(O)CCN(C(=O)C1CCSC1)C1CC1. The van der Waals surface area contributed by atoms with Crippen molar-refractivity contribution in [3.63, 3.8) is 0 Å². The summed E-state index contributed by atoms with van der Waals surface area (Å²) >= 11 is 1.82. The number of nitrogens with zero attached hydrogens (tertiary/aromatic N) is 1. The third-order valence-electron chi connectivity index (χ3n) is 3.12. The molecule has 0 bridgehead atoms. The number of carbonyl (C=O) groups is 2. The molecule has 2 rings (SSSR count). The molecule has 1 saturated carbocycles. The van der Waals surface area contributed by atoms with Crippen LogP contribution in [-0.4, -0.2) is 46.0 Å². The van der Waals surface area contributed by atoms with Crippen LogP contribution in [0.3, 0.4) is 0 Å². The van der Waals surface area contributed by atoms with Gasteiger partial charge in [-0.1, -0.05) is 0 Å². The van der Waals surface area contributed by atoms with Gasteiger partial charge in [0.25, 0.3) is 0 Å². The van der Waals surface area contributed by atoms with Gasteiger partial charge < -0.3 is 10.0 Å². The van der Waals surface area contributed by atoms with Crippen LogP contribution in [0.25, 0.3) is 0 Å². The maximum atomic E-state index is 12.2. The van der Waals surface area contributed by atoms with E-state index in [1.807, 2.05) is 16.7 Å². The number of aliphatic carboxylic acids is 1. The summed E-state index contributed by atoms with van der Waals surface area (Å²) in [5, 5.41) is 8.67. The zero-order chi connectivity index (χ0) is 11.5. The topological polar surface area (TPSA) is 57.6 Å². The van der Waals surface area contributed by atoms with Gasteiger partial charge in [0.1, 0.15) is 0 Å². The summed E-state index contributed by atoms with van der Waals surface area (Å²) in [6, 6.07) is 0.331. The molecule has 2 aliphatic rings. The van der Waals surface area contributed by atoms with Gasteiger partial charge in [-0.25, -0.2) is 0 Å². The lowest BCUT2D eigenvalue weighted by Gasteiger charge is -2.24. The largest absolute Gasteiger partial charge is 0.481 e. The highest BCUT2D eigenvalue weighted by Crippen LogP contribution is 2.32. The van der Waals surface area contributed by atoms with Gasteiger partial charge in [-0.05, 0) is 25.0 Å². The average Bonchev–Trinajstić information content (AvgIpc) is 2.93. The molecule has 5 heteroatoms. The number of carboxylic acids is 1. The van der Waals surface area contributed by atoms with Gasteiger partial charge in [-0.15, -0.1) is 0 Å². The first-order chi connectivity index (χ1) is 7.68. The fraction of sp³-hybridized carbons (Fsp3) is 0.818. The van der Waals surface area contributed by atoms with Crippen molar-refractivity contribution in [2.24, 2.45) is 5.92 Å². The Labute approximate surface area is 99.4 Å². The molecule has 1 amide bonds. The van der Waals surface area contributed by atoms with Crippen molar-refractivity contribution >= 4 is 23.6 Å². The molecule has 4 nitrogen and oxygen atoms in total. The molecule has 1 N–H and O–H groups in total. The number of hydrogen-bond acceptors (Lipinski definition) is 3. The lowest BCUT2D eigenvalue weighted by atomic mass is 10.1. The molecular weight excluding hydrogens is 226 g/mol. The zero-order valence-electron chi connectivity index (χ0n) is 9.22. The van der Waals surface area contributed by atoms with Crippen molar-refractivity contribution in [3.8, 4) is 0 Å². The summed E-state index contributed by atoms with van der Waals surface area (Å²) in [6.07, 6.45) is 3.12. The Balaban J connectivity index is 1.89. The first kappa shape index (κ1) is 11.8. The van der Waals surface area contributed by atoms with Crippen LogP contribution in [0.4, 0.5) is 0 Å². The smallest absolute Gasteiger partial charge is 0.305 e. The van der Waals surface area contributed by atoms with Crippen molar-refractivity contribution < 1.29 is 14.7 Å². The quantitative estimate of drug-likeness (QED) is 0.788. The van der Waals surface area contributed by atoms with Crippen LogP contribution in [0.2, 0.25) is 0 Å². The number of hydrogen-bond donors (Lipinski definition) is 1. The van der Waals surface area contributed by atoms with Crippen molar-refractivity contribution in [2.75, 3.05) is 18.1 Å². The molecule has 1 atom stereocenters. The number of rotatable bonds is 5. The molecule has 0 radical (unpaired) electrons. The van der Waals surface area contributed by atoms with E-state index < -0.39 is 5.97 Å². The summed E-state index contributed by atoms with van der Waals surface area (Å²) in [5.74, 6) is 1.48. The van der Waals surface area contributed by atoms with Gasteiger partial charge in [0, 0.05) is 24.3 Å². The van der Waals surface area contributed by atoms with Gasteiger partial charge in [0.15, 0.2) is 0 Å². The van der Waals surface area contributed by atoms with Gasteiger partial charge in [0.05, 0.1) is 6.42 Å². The molecular formula is C11H17NO3S. The molecule has 1 aliphatic heterocycles. The second-order valence-corrected chi connectivity index (χ2v) is 5.62. The monoisotopic (exact) mass is 243 g/mol. The Morgan fingerprint density at radius 1 is 1.31 bits per heavy atom. The standard InChI is InChI=1S/C11H17NO3S/c13-10(14)3-5-12(9-1-2-9)11(15)8-4-6-16-7-8/h8-9H,1-7H2,(H,13,14). The van der Waals surface area contributed by atoms with Gasteiger partial charge in [0.2, 0.25) is 5.91 Å². The van der Waals surface area contributed by atoms with E-state index >= 15 is 0 Å². The van der Waals surface area contributed by atoms with Gasteiger partial charge >= 0.3 is 5.97 Å². The molecule has 0 aromatic heterocycles. The van der Waals surface area contributed by atoms with E-state index in [1.165, 1.54) is 0 Å².